The number of hydrogen-bond donors (Lipinski definition) is 1. The first-order chi connectivity index (χ1) is 10.0. The molecule has 1 atom stereocenters. The molecule has 3 heteroatoms. The van der Waals surface area contributed by atoms with Crippen molar-refractivity contribution in [3.63, 3.8) is 0 Å². The van der Waals surface area contributed by atoms with Crippen LogP contribution in [0.2, 0.25) is 0 Å². The Morgan fingerprint density at radius 3 is 2.48 bits per heavy atom. The van der Waals surface area contributed by atoms with Crippen LogP contribution in [0.3, 0.4) is 0 Å². The van der Waals surface area contributed by atoms with E-state index < -0.39 is 0 Å². The lowest BCUT2D eigenvalue weighted by Gasteiger charge is -2.18. The molecule has 0 saturated heterocycles. The van der Waals surface area contributed by atoms with E-state index in [9.17, 15) is 4.39 Å². The van der Waals surface area contributed by atoms with Crippen molar-refractivity contribution in [1.29, 1.82) is 0 Å². The molecule has 0 aliphatic carbocycles. The zero-order valence-corrected chi connectivity index (χ0v) is 14.3. The second-order valence-corrected chi connectivity index (χ2v) is 6.29. The molecule has 0 spiro atoms. The van der Waals surface area contributed by atoms with E-state index in [1.54, 1.807) is 12.1 Å². The Balaban J connectivity index is 2.14. The number of benzene rings is 2. The lowest BCUT2D eigenvalue weighted by atomic mass is 10.0. The van der Waals surface area contributed by atoms with Gasteiger partial charge in [0.2, 0.25) is 0 Å². The maximum Gasteiger partial charge on any atom is 0.137 e. The van der Waals surface area contributed by atoms with Crippen molar-refractivity contribution in [3.05, 3.63) is 63.4 Å². The van der Waals surface area contributed by atoms with Crippen molar-refractivity contribution in [2.45, 2.75) is 39.7 Å². The molecule has 1 N–H and O–H groups in total. The van der Waals surface area contributed by atoms with Crippen LogP contribution in [0.25, 0.3) is 0 Å². The van der Waals surface area contributed by atoms with Gasteiger partial charge in [0.25, 0.3) is 0 Å². The summed E-state index contributed by atoms with van der Waals surface area (Å²) in [6.45, 7) is 6.22. The molecule has 1 unspecified atom stereocenters. The summed E-state index contributed by atoms with van der Waals surface area (Å²) >= 11 is 3.24. The zero-order chi connectivity index (χ0) is 15.4. The molecule has 0 radical (unpaired) electrons. The van der Waals surface area contributed by atoms with Crippen LogP contribution in [0.4, 0.5) is 10.1 Å². The van der Waals surface area contributed by atoms with Crippen molar-refractivity contribution >= 4 is 21.6 Å². The Hall–Kier alpha value is -1.35. The van der Waals surface area contributed by atoms with Gasteiger partial charge in [0.05, 0.1) is 4.47 Å². The van der Waals surface area contributed by atoms with Crippen LogP contribution in [0.15, 0.2) is 40.9 Å². The fraction of sp³-hybridized carbons (Fsp3) is 0.333. The Labute approximate surface area is 134 Å². The summed E-state index contributed by atoms with van der Waals surface area (Å²) < 4.78 is 13.9. The summed E-state index contributed by atoms with van der Waals surface area (Å²) in [4.78, 5) is 0. The van der Waals surface area contributed by atoms with E-state index in [0.29, 0.717) is 4.47 Å². The molecule has 2 aromatic rings. The van der Waals surface area contributed by atoms with Gasteiger partial charge in [-0.3, -0.25) is 0 Å². The van der Waals surface area contributed by atoms with Crippen molar-refractivity contribution in [2.24, 2.45) is 0 Å². The van der Waals surface area contributed by atoms with Crippen molar-refractivity contribution < 1.29 is 4.39 Å². The van der Waals surface area contributed by atoms with Crippen LogP contribution in [-0.2, 0) is 6.42 Å². The molecule has 0 aliphatic heterocycles. The second kappa shape index (κ2) is 7.08. The van der Waals surface area contributed by atoms with Crippen molar-refractivity contribution in [1.82, 2.24) is 0 Å². The molecule has 2 aromatic carbocycles. The highest BCUT2D eigenvalue weighted by Gasteiger charge is 2.09. The minimum absolute atomic E-state index is 0.178. The number of hydrogen-bond acceptors (Lipinski definition) is 1. The van der Waals surface area contributed by atoms with Gasteiger partial charge in [-0.1, -0.05) is 37.6 Å². The molecule has 0 aromatic heterocycles. The fourth-order valence-electron chi connectivity index (χ4n) is 2.38. The monoisotopic (exact) mass is 349 g/mol. The van der Waals surface area contributed by atoms with Gasteiger partial charge in [0.1, 0.15) is 5.82 Å². The predicted molar refractivity (Wildman–Crippen MR) is 91.3 cm³/mol. The molecule has 0 aliphatic rings. The number of nitrogens with one attached hydrogen (secondary N) is 1. The first kappa shape index (κ1) is 16.0. The summed E-state index contributed by atoms with van der Waals surface area (Å²) in [5.74, 6) is -0.227. The summed E-state index contributed by atoms with van der Waals surface area (Å²) in [6, 6.07) is 12.2. The summed E-state index contributed by atoms with van der Waals surface area (Å²) in [5, 5.41) is 3.45. The largest absolute Gasteiger partial charge is 0.378 e. The zero-order valence-electron chi connectivity index (χ0n) is 12.7. The van der Waals surface area contributed by atoms with Crippen molar-refractivity contribution in [3.8, 4) is 0 Å². The fourth-order valence-corrected chi connectivity index (χ4v) is 2.72. The van der Waals surface area contributed by atoms with E-state index in [4.69, 9.17) is 0 Å². The highest BCUT2D eigenvalue weighted by molar-refractivity contribution is 9.10. The van der Waals surface area contributed by atoms with E-state index in [1.807, 2.05) is 6.92 Å². The van der Waals surface area contributed by atoms with E-state index in [2.05, 4.69) is 59.4 Å². The lowest BCUT2D eigenvalue weighted by molar-refractivity contribution is 0.620. The third kappa shape index (κ3) is 4.07. The summed E-state index contributed by atoms with van der Waals surface area (Å²) in [6.07, 6.45) is 2.28. The van der Waals surface area contributed by atoms with Crippen molar-refractivity contribution in [2.75, 3.05) is 5.32 Å². The van der Waals surface area contributed by atoms with E-state index >= 15 is 0 Å². The SMILES string of the molecule is CCCc1ccc(C(C)Nc2cc(Br)c(F)cc2C)cc1. The standard InChI is InChI=1S/C18H21BrFN/c1-4-5-14-6-8-15(9-7-14)13(3)21-18-11-16(19)17(20)10-12(18)2/h6-11,13,21H,4-5H2,1-3H3. The van der Waals surface area contributed by atoms with Crippen LogP contribution in [0.5, 0.6) is 0 Å². The van der Waals surface area contributed by atoms with Crippen LogP contribution < -0.4 is 5.32 Å². The number of anilines is 1. The van der Waals surface area contributed by atoms with Gasteiger partial charge in [-0.05, 0) is 65.0 Å². The topological polar surface area (TPSA) is 12.0 Å². The van der Waals surface area contributed by atoms with Gasteiger partial charge in [0, 0.05) is 11.7 Å². The predicted octanol–water partition coefficient (Wildman–Crippen LogP) is 6.02. The Morgan fingerprint density at radius 1 is 1.19 bits per heavy atom. The van der Waals surface area contributed by atoms with Gasteiger partial charge in [0.15, 0.2) is 0 Å². The molecule has 0 saturated carbocycles. The lowest BCUT2D eigenvalue weighted by Crippen LogP contribution is -2.08. The highest BCUT2D eigenvalue weighted by Crippen LogP contribution is 2.27. The molecular weight excluding hydrogens is 329 g/mol. The normalized spacial score (nSPS) is 12.2. The Morgan fingerprint density at radius 2 is 1.86 bits per heavy atom. The van der Waals surface area contributed by atoms with E-state index in [-0.39, 0.29) is 11.9 Å². The van der Waals surface area contributed by atoms with Crippen LogP contribution in [0, 0.1) is 12.7 Å². The third-order valence-corrected chi connectivity index (χ3v) is 4.27. The molecule has 1 nitrogen and oxygen atoms in total. The number of halogens is 2. The van der Waals surface area contributed by atoms with Gasteiger partial charge in [-0.25, -0.2) is 4.39 Å². The van der Waals surface area contributed by atoms with Gasteiger partial charge >= 0.3 is 0 Å². The van der Waals surface area contributed by atoms with Gasteiger partial charge < -0.3 is 5.32 Å². The quantitative estimate of drug-likeness (QED) is 0.695. The van der Waals surface area contributed by atoms with E-state index in [0.717, 1.165) is 24.1 Å². The van der Waals surface area contributed by atoms with Crippen LogP contribution in [-0.4, -0.2) is 0 Å². The molecule has 2 rings (SSSR count). The molecule has 0 bridgehead atoms. The third-order valence-electron chi connectivity index (χ3n) is 3.66. The second-order valence-electron chi connectivity index (χ2n) is 5.44. The summed E-state index contributed by atoms with van der Waals surface area (Å²) in [7, 11) is 0. The highest BCUT2D eigenvalue weighted by atomic mass is 79.9. The molecule has 0 amide bonds. The number of aryl methyl sites for hydroxylation is 2. The van der Waals surface area contributed by atoms with Crippen LogP contribution in [0.1, 0.15) is 43.0 Å². The first-order valence-electron chi connectivity index (χ1n) is 7.32. The minimum Gasteiger partial charge on any atom is -0.378 e. The molecule has 0 fully saturated rings. The maximum atomic E-state index is 13.5. The average molecular weight is 350 g/mol. The van der Waals surface area contributed by atoms with Gasteiger partial charge in [-0.15, -0.1) is 0 Å². The molecule has 112 valence electrons. The molecule has 21 heavy (non-hydrogen) atoms. The van der Waals surface area contributed by atoms with E-state index in [1.165, 1.54) is 11.1 Å². The number of rotatable bonds is 5. The first-order valence-corrected chi connectivity index (χ1v) is 8.11. The Kier molecular flexibility index (Phi) is 5.40. The molecular formula is C18H21BrFN. The maximum absolute atomic E-state index is 13.5. The molecule has 0 heterocycles. The average Bonchev–Trinajstić information content (AvgIpc) is 2.46. The van der Waals surface area contributed by atoms with Gasteiger partial charge in [-0.2, -0.15) is 0 Å². The smallest absolute Gasteiger partial charge is 0.137 e. The Bertz CT molecular complexity index is 607. The summed E-state index contributed by atoms with van der Waals surface area (Å²) in [5.41, 5.74) is 4.46. The van der Waals surface area contributed by atoms with Crippen LogP contribution >= 0.6 is 15.9 Å². The minimum atomic E-state index is -0.227.